The third kappa shape index (κ3) is 1.87. The lowest BCUT2D eigenvalue weighted by molar-refractivity contribution is -0.118. The third-order valence-electron chi connectivity index (χ3n) is 3.71. The molecule has 0 saturated heterocycles. The molecule has 1 aliphatic rings. The van der Waals surface area contributed by atoms with Gasteiger partial charge in [-0.2, -0.15) is 5.10 Å². The van der Waals surface area contributed by atoms with Crippen molar-refractivity contribution in [2.75, 3.05) is 11.1 Å². The molecule has 19 heavy (non-hydrogen) atoms. The minimum Gasteiger partial charge on any atom is -0.394 e. The smallest absolute Gasteiger partial charge is 0.236 e. The molecule has 0 aliphatic heterocycles. The van der Waals surface area contributed by atoms with Crippen molar-refractivity contribution in [1.82, 2.24) is 9.78 Å². The van der Waals surface area contributed by atoms with Gasteiger partial charge in [0, 0.05) is 7.05 Å². The number of rotatable bonds is 3. The summed E-state index contributed by atoms with van der Waals surface area (Å²) in [6, 6.07) is 9.87. The maximum atomic E-state index is 12.5. The van der Waals surface area contributed by atoms with Crippen LogP contribution in [0.4, 0.5) is 11.5 Å². The van der Waals surface area contributed by atoms with Gasteiger partial charge in [0.2, 0.25) is 5.91 Å². The van der Waals surface area contributed by atoms with Crippen molar-refractivity contribution in [1.29, 1.82) is 0 Å². The molecule has 0 radical (unpaired) electrons. The number of amides is 1. The van der Waals surface area contributed by atoms with Crippen LogP contribution in [0.1, 0.15) is 18.4 Å². The number of nitrogens with two attached hydrogens (primary N) is 1. The molecule has 5 heteroatoms. The number of nitrogens with one attached hydrogen (secondary N) is 1. The summed E-state index contributed by atoms with van der Waals surface area (Å²) < 4.78 is 1.58. The SMILES string of the molecule is Cn1ncc(N)c1NC(=O)C1(c2ccccc2)CC1. The summed E-state index contributed by atoms with van der Waals surface area (Å²) in [6.07, 6.45) is 3.29. The van der Waals surface area contributed by atoms with E-state index in [1.165, 1.54) is 6.20 Å². The molecule has 0 spiro atoms. The van der Waals surface area contributed by atoms with Gasteiger partial charge in [-0.15, -0.1) is 0 Å². The number of hydrogen-bond donors (Lipinski definition) is 2. The normalized spacial score (nSPS) is 16.1. The second-order valence-corrected chi connectivity index (χ2v) is 4.97. The monoisotopic (exact) mass is 256 g/mol. The summed E-state index contributed by atoms with van der Waals surface area (Å²) in [6.45, 7) is 0. The van der Waals surface area contributed by atoms with Crippen molar-refractivity contribution in [3.8, 4) is 0 Å². The van der Waals surface area contributed by atoms with E-state index in [9.17, 15) is 4.79 Å². The molecule has 1 aromatic carbocycles. The molecule has 1 amide bonds. The first kappa shape index (κ1) is 11.8. The molecule has 1 aromatic heterocycles. The second kappa shape index (κ2) is 4.12. The molecule has 0 bridgehead atoms. The van der Waals surface area contributed by atoms with E-state index in [-0.39, 0.29) is 5.91 Å². The minimum absolute atomic E-state index is 0.00556. The van der Waals surface area contributed by atoms with Crippen LogP contribution >= 0.6 is 0 Å². The van der Waals surface area contributed by atoms with Gasteiger partial charge in [0.05, 0.1) is 17.3 Å². The average molecular weight is 256 g/mol. The molecular formula is C14H16N4O. The van der Waals surface area contributed by atoms with Crippen LogP contribution in [0.5, 0.6) is 0 Å². The van der Waals surface area contributed by atoms with E-state index in [1.54, 1.807) is 11.7 Å². The van der Waals surface area contributed by atoms with Crippen LogP contribution < -0.4 is 11.1 Å². The summed E-state index contributed by atoms with van der Waals surface area (Å²) >= 11 is 0. The van der Waals surface area contributed by atoms with Crippen molar-refractivity contribution in [2.45, 2.75) is 18.3 Å². The molecule has 5 nitrogen and oxygen atoms in total. The van der Waals surface area contributed by atoms with Crippen LogP contribution in [0.25, 0.3) is 0 Å². The highest BCUT2D eigenvalue weighted by molar-refractivity contribution is 6.02. The maximum Gasteiger partial charge on any atom is 0.236 e. The highest BCUT2D eigenvalue weighted by atomic mass is 16.2. The summed E-state index contributed by atoms with van der Waals surface area (Å²) in [5.74, 6) is 0.557. The summed E-state index contributed by atoms with van der Waals surface area (Å²) in [7, 11) is 1.76. The van der Waals surface area contributed by atoms with Crippen LogP contribution in [0.3, 0.4) is 0 Å². The topological polar surface area (TPSA) is 72.9 Å². The molecule has 0 atom stereocenters. The van der Waals surface area contributed by atoms with Crippen molar-refractivity contribution < 1.29 is 4.79 Å². The van der Waals surface area contributed by atoms with Crippen molar-refractivity contribution in [3.05, 3.63) is 42.1 Å². The lowest BCUT2D eigenvalue weighted by Crippen LogP contribution is -2.29. The number of benzene rings is 1. The molecule has 1 fully saturated rings. The minimum atomic E-state index is -0.391. The van der Waals surface area contributed by atoms with E-state index in [0.29, 0.717) is 11.5 Å². The Balaban J connectivity index is 1.86. The average Bonchev–Trinajstić information content (AvgIpc) is 3.19. The van der Waals surface area contributed by atoms with E-state index in [4.69, 9.17) is 5.73 Å². The fourth-order valence-corrected chi connectivity index (χ4v) is 2.36. The van der Waals surface area contributed by atoms with E-state index < -0.39 is 5.41 Å². The van der Waals surface area contributed by atoms with Crippen LogP contribution in [0.15, 0.2) is 36.5 Å². The van der Waals surface area contributed by atoms with Gasteiger partial charge in [-0.3, -0.25) is 9.48 Å². The zero-order valence-electron chi connectivity index (χ0n) is 10.8. The molecule has 3 N–H and O–H groups in total. The van der Waals surface area contributed by atoms with Gasteiger partial charge in [0.15, 0.2) is 5.82 Å². The highest BCUT2D eigenvalue weighted by Gasteiger charge is 2.51. The predicted octanol–water partition coefficient (Wildman–Crippen LogP) is 1.67. The third-order valence-corrected chi connectivity index (χ3v) is 3.71. The largest absolute Gasteiger partial charge is 0.394 e. The first-order chi connectivity index (χ1) is 9.13. The van der Waals surface area contributed by atoms with E-state index in [0.717, 1.165) is 18.4 Å². The number of aromatic nitrogens is 2. The van der Waals surface area contributed by atoms with Gasteiger partial charge in [0.1, 0.15) is 0 Å². The predicted molar refractivity (Wildman–Crippen MR) is 73.6 cm³/mol. The number of carbonyl (C=O) groups excluding carboxylic acids is 1. The first-order valence-electron chi connectivity index (χ1n) is 6.28. The number of aryl methyl sites for hydroxylation is 1. The molecule has 3 rings (SSSR count). The number of hydrogen-bond acceptors (Lipinski definition) is 3. The van der Waals surface area contributed by atoms with Crippen molar-refractivity contribution in [2.24, 2.45) is 7.05 Å². The van der Waals surface area contributed by atoms with E-state index >= 15 is 0 Å². The Hall–Kier alpha value is -2.30. The molecule has 98 valence electrons. The van der Waals surface area contributed by atoms with Gasteiger partial charge < -0.3 is 11.1 Å². The molecule has 1 heterocycles. The zero-order valence-corrected chi connectivity index (χ0v) is 10.8. The standard InChI is InChI=1S/C14H16N4O/c1-18-12(11(15)9-16-18)17-13(19)14(7-8-14)10-5-3-2-4-6-10/h2-6,9H,7-8,15H2,1H3,(H,17,19). The van der Waals surface area contributed by atoms with Crippen LogP contribution in [0.2, 0.25) is 0 Å². The van der Waals surface area contributed by atoms with Gasteiger partial charge in [-0.25, -0.2) is 0 Å². The van der Waals surface area contributed by atoms with Gasteiger partial charge in [0.25, 0.3) is 0 Å². The van der Waals surface area contributed by atoms with Crippen LogP contribution in [-0.2, 0) is 17.3 Å². The zero-order chi connectivity index (χ0) is 13.5. The lowest BCUT2D eigenvalue weighted by atomic mass is 9.95. The number of carbonyl (C=O) groups is 1. The maximum absolute atomic E-state index is 12.5. The Bertz CT molecular complexity index is 594. The van der Waals surface area contributed by atoms with Crippen molar-refractivity contribution >= 4 is 17.4 Å². The molecule has 1 saturated carbocycles. The Morgan fingerprint density at radius 2 is 2.05 bits per heavy atom. The summed E-state index contributed by atoms with van der Waals surface area (Å²) in [4.78, 5) is 12.5. The van der Waals surface area contributed by atoms with Crippen LogP contribution in [-0.4, -0.2) is 15.7 Å². The summed E-state index contributed by atoms with van der Waals surface area (Å²) in [5.41, 5.74) is 6.95. The number of nitrogen functional groups attached to an aromatic ring is 1. The molecular weight excluding hydrogens is 240 g/mol. The Kier molecular flexibility index (Phi) is 2.55. The summed E-state index contributed by atoms with van der Waals surface area (Å²) in [5, 5.41) is 6.92. The highest BCUT2D eigenvalue weighted by Crippen LogP contribution is 2.49. The number of nitrogens with zero attached hydrogens (tertiary/aromatic N) is 2. The Morgan fingerprint density at radius 3 is 2.58 bits per heavy atom. The molecule has 2 aromatic rings. The van der Waals surface area contributed by atoms with Crippen molar-refractivity contribution in [3.63, 3.8) is 0 Å². The second-order valence-electron chi connectivity index (χ2n) is 4.97. The van der Waals surface area contributed by atoms with Crippen LogP contribution in [0, 0.1) is 0 Å². The Labute approximate surface area is 111 Å². The Morgan fingerprint density at radius 1 is 1.37 bits per heavy atom. The van der Waals surface area contributed by atoms with Gasteiger partial charge >= 0.3 is 0 Å². The van der Waals surface area contributed by atoms with E-state index in [1.807, 2.05) is 30.3 Å². The molecule has 1 aliphatic carbocycles. The molecule has 0 unspecified atom stereocenters. The van der Waals surface area contributed by atoms with Gasteiger partial charge in [-0.05, 0) is 18.4 Å². The lowest BCUT2D eigenvalue weighted by Gasteiger charge is -2.16. The van der Waals surface area contributed by atoms with E-state index in [2.05, 4.69) is 10.4 Å². The first-order valence-corrected chi connectivity index (χ1v) is 6.28. The van der Waals surface area contributed by atoms with Gasteiger partial charge in [-0.1, -0.05) is 30.3 Å². The number of anilines is 2. The fourth-order valence-electron chi connectivity index (χ4n) is 2.36. The fraction of sp³-hybridized carbons (Fsp3) is 0.286. The quantitative estimate of drug-likeness (QED) is 0.877.